The predicted molar refractivity (Wildman–Crippen MR) is 79.0 cm³/mol. The first kappa shape index (κ1) is 13.5. The molecule has 2 aromatic carbocycles. The Bertz CT molecular complexity index is 567. The van der Waals surface area contributed by atoms with Crippen molar-refractivity contribution in [3.05, 3.63) is 65.2 Å². The lowest BCUT2D eigenvalue weighted by Gasteiger charge is -2.08. The standard InChI is InChI=1S/C15H15NO2S/c16-15(19)13-2-1-3-14(8-13)18-10-12-6-4-11(9-17)5-7-12/h1-8,17H,9-10H2,(H2,16,19). The maximum absolute atomic E-state index is 8.96. The molecule has 0 saturated carbocycles. The minimum Gasteiger partial charge on any atom is -0.489 e. The van der Waals surface area contributed by atoms with Crippen LogP contribution in [0, 0.1) is 0 Å². The molecule has 98 valence electrons. The molecule has 0 heterocycles. The van der Waals surface area contributed by atoms with E-state index in [-0.39, 0.29) is 6.61 Å². The molecular weight excluding hydrogens is 258 g/mol. The van der Waals surface area contributed by atoms with E-state index in [1.165, 1.54) is 0 Å². The third-order valence-corrected chi connectivity index (χ3v) is 2.97. The molecule has 3 N–H and O–H groups in total. The van der Waals surface area contributed by atoms with Crippen LogP contribution in [0.3, 0.4) is 0 Å². The molecule has 0 aliphatic carbocycles. The van der Waals surface area contributed by atoms with Crippen molar-refractivity contribution >= 4 is 17.2 Å². The molecule has 2 aromatic rings. The van der Waals surface area contributed by atoms with Crippen LogP contribution < -0.4 is 10.5 Å². The van der Waals surface area contributed by atoms with E-state index in [9.17, 15) is 0 Å². The molecular formula is C15H15NO2S. The van der Waals surface area contributed by atoms with Gasteiger partial charge in [-0.15, -0.1) is 0 Å². The minimum atomic E-state index is 0.0527. The first-order chi connectivity index (χ1) is 9.19. The number of aliphatic hydroxyl groups is 1. The van der Waals surface area contributed by atoms with Crippen molar-refractivity contribution in [3.8, 4) is 5.75 Å². The lowest BCUT2D eigenvalue weighted by atomic mass is 10.1. The Balaban J connectivity index is 2.01. The molecule has 0 atom stereocenters. The summed E-state index contributed by atoms with van der Waals surface area (Å²) in [5, 5.41) is 8.96. The van der Waals surface area contributed by atoms with E-state index in [1.807, 2.05) is 48.5 Å². The molecule has 0 saturated heterocycles. The highest BCUT2D eigenvalue weighted by molar-refractivity contribution is 7.80. The van der Waals surface area contributed by atoms with Crippen LogP contribution in [0.4, 0.5) is 0 Å². The maximum Gasteiger partial charge on any atom is 0.120 e. The molecule has 0 amide bonds. The summed E-state index contributed by atoms with van der Waals surface area (Å²) in [4.78, 5) is 0.359. The van der Waals surface area contributed by atoms with Crippen LogP contribution in [-0.4, -0.2) is 10.1 Å². The normalized spacial score (nSPS) is 10.2. The minimum absolute atomic E-state index is 0.0527. The van der Waals surface area contributed by atoms with Crippen LogP contribution in [0.2, 0.25) is 0 Å². The van der Waals surface area contributed by atoms with E-state index in [4.69, 9.17) is 27.8 Å². The summed E-state index contributed by atoms with van der Waals surface area (Å²) < 4.78 is 5.68. The van der Waals surface area contributed by atoms with Crippen molar-refractivity contribution in [2.45, 2.75) is 13.2 Å². The average Bonchev–Trinajstić information content (AvgIpc) is 2.46. The van der Waals surface area contributed by atoms with Crippen molar-refractivity contribution in [2.24, 2.45) is 5.73 Å². The van der Waals surface area contributed by atoms with Gasteiger partial charge in [0.2, 0.25) is 0 Å². The molecule has 2 rings (SSSR count). The van der Waals surface area contributed by atoms with Gasteiger partial charge in [-0.2, -0.15) is 0 Å². The van der Waals surface area contributed by atoms with Gasteiger partial charge >= 0.3 is 0 Å². The molecule has 0 aliphatic heterocycles. The summed E-state index contributed by atoms with van der Waals surface area (Å²) in [6.45, 7) is 0.517. The Labute approximate surface area is 117 Å². The smallest absolute Gasteiger partial charge is 0.120 e. The fourth-order valence-electron chi connectivity index (χ4n) is 1.65. The molecule has 0 radical (unpaired) electrons. The van der Waals surface area contributed by atoms with Crippen LogP contribution >= 0.6 is 12.2 Å². The number of hydrogen-bond donors (Lipinski definition) is 2. The molecule has 0 aliphatic rings. The SMILES string of the molecule is NC(=S)c1cccc(OCc2ccc(CO)cc2)c1. The average molecular weight is 273 g/mol. The van der Waals surface area contributed by atoms with Gasteiger partial charge in [-0.05, 0) is 23.3 Å². The first-order valence-electron chi connectivity index (χ1n) is 5.90. The highest BCUT2D eigenvalue weighted by atomic mass is 32.1. The summed E-state index contributed by atoms with van der Waals surface area (Å²) in [5.74, 6) is 0.733. The van der Waals surface area contributed by atoms with Crippen LogP contribution in [-0.2, 0) is 13.2 Å². The quantitative estimate of drug-likeness (QED) is 0.821. The van der Waals surface area contributed by atoms with Crippen LogP contribution in [0.25, 0.3) is 0 Å². The molecule has 4 heteroatoms. The number of ether oxygens (including phenoxy) is 1. The molecule has 0 spiro atoms. The second kappa shape index (κ2) is 6.31. The summed E-state index contributed by atoms with van der Waals surface area (Å²) >= 11 is 4.93. The molecule has 0 fully saturated rings. The van der Waals surface area contributed by atoms with Gasteiger partial charge in [-0.1, -0.05) is 48.6 Å². The Morgan fingerprint density at radius 2 is 1.79 bits per heavy atom. The number of thiocarbonyl (C=S) groups is 1. The highest BCUT2D eigenvalue weighted by Gasteiger charge is 2.00. The van der Waals surface area contributed by atoms with Crippen molar-refractivity contribution in [2.75, 3.05) is 0 Å². The van der Waals surface area contributed by atoms with Crippen molar-refractivity contribution < 1.29 is 9.84 Å². The zero-order chi connectivity index (χ0) is 13.7. The second-order valence-corrected chi connectivity index (χ2v) is 4.60. The van der Waals surface area contributed by atoms with Crippen LogP contribution in [0.15, 0.2) is 48.5 Å². The van der Waals surface area contributed by atoms with Gasteiger partial charge in [-0.3, -0.25) is 0 Å². The van der Waals surface area contributed by atoms with Crippen LogP contribution in [0.5, 0.6) is 5.75 Å². The van der Waals surface area contributed by atoms with Gasteiger partial charge in [-0.25, -0.2) is 0 Å². The molecule has 0 aromatic heterocycles. The number of nitrogens with two attached hydrogens (primary N) is 1. The van der Waals surface area contributed by atoms with Crippen LogP contribution in [0.1, 0.15) is 16.7 Å². The largest absolute Gasteiger partial charge is 0.489 e. The number of aliphatic hydroxyl groups excluding tert-OH is 1. The van der Waals surface area contributed by atoms with Gasteiger partial charge in [0.05, 0.1) is 6.61 Å². The van der Waals surface area contributed by atoms with E-state index in [1.54, 1.807) is 0 Å². The van der Waals surface area contributed by atoms with Gasteiger partial charge in [0.25, 0.3) is 0 Å². The predicted octanol–water partition coefficient (Wildman–Crippen LogP) is 2.39. The molecule has 19 heavy (non-hydrogen) atoms. The summed E-state index contributed by atoms with van der Waals surface area (Å²) in [6.07, 6.45) is 0. The Hall–Kier alpha value is -1.91. The molecule has 0 unspecified atom stereocenters. The summed E-state index contributed by atoms with van der Waals surface area (Å²) in [5.41, 5.74) is 8.30. The lowest BCUT2D eigenvalue weighted by molar-refractivity contribution is 0.281. The van der Waals surface area contributed by atoms with Gasteiger partial charge in [0.1, 0.15) is 17.3 Å². The van der Waals surface area contributed by atoms with Gasteiger partial charge < -0.3 is 15.6 Å². The van der Waals surface area contributed by atoms with E-state index in [0.717, 1.165) is 22.4 Å². The number of hydrogen-bond acceptors (Lipinski definition) is 3. The third kappa shape index (κ3) is 3.77. The molecule has 0 bridgehead atoms. The van der Waals surface area contributed by atoms with E-state index in [0.29, 0.717) is 11.6 Å². The fourth-order valence-corrected chi connectivity index (χ4v) is 1.77. The van der Waals surface area contributed by atoms with Crippen molar-refractivity contribution in [1.29, 1.82) is 0 Å². The van der Waals surface area contributed by atoms with Gasteiger partial charge in [0.15, 0.2) is 0 Å². The monoisotopic (exact) mass is 273 g/mol. The van der Waals surface area contributed by atoms with E-state index in [2.05, 4.69) is 0 Å². The molecule has 3 nitrogen and oxygen atoms in total. The van der Waals surface area contributed by atoms with E-state index < -0.39 is 0 Å². The second-order valence-electron chi connectivity index (χ2n) is 4.16. The lowest BCUT2D eigenvalue weighted by Crippen LogP contribution is -2.09. The Morgan fingerprint density at radius 3 is 2.42 bits per heavy atom. The van der Waals surface area contributed by atoms with Crippen molar-refractivity contribution in [1.82, 2.24) is 0 Å². The van der Waals surface area contributed by atoms with Crippen molar-refractivity contribution in [3.63, 3.8) is 0 Å². The van der Waals surface area contributed by atoms with E-state index >= 15 is 0 Å². The Kier molecular flexibility index (Phi) is 4.49. The Morgan fingerprint density at radius 1 is 1.11 bits per heavy atom. The zero-order valence-electron chi connectivity index (χ0n) is 10.4. The zero-order valence-corrected chi connectivity index (χ0v) is 11.2. The maximum atomic E-state index is 8.96. The first-order valence-corrected chi connectivity index (χ1v) is 6.31. The summed E-state index contributed by atoms with van der Waals surface area (Å²) in [6, 6.07) is 15.0. The fraction of sp³-hybridized carbons (Fsp3) is 0.133. The number of benzene rings is 2. The highest BCUT2D eigenvalue weighted by Crippen LogP contribution is 2.15. The summed E-state index contributed by atoms with van der Waals surface area (Å²) in [7, 11) is 0. The van der Waals surface area contributed by atoms with Gasteiger partial charge in [0, 0.05) is 5.56 Å². The number of rotatable bonds is 5. The topological polar surface area (TPSA) is 55.5 Å². The third-order valence-electron chi connectivity index (χ3n) is 2.73.